The number of rotatable bonds is 5. The quantitative estimate of drug-likeness (QED) is 0.903. The lowest BCUT2D eigenvalue weighted by Gasteiger charge is -2.32. The normalized spacial score (nSPS) is 16.8. The first kappa shape index (κ1) is 15.3. The van der Waals surface area contributed by atoms with Crippen molar-refractivity contribution in [3.63, 3.8) is 0 Å². The Bertz CT molecular complexity index is 571. The van der Waals surface area contributed by atoms with Crippen LogP contribution in [0.2, 0.25) is 0 Å². The van der Waals surface area contributed by atoms with Gasteiger partial charge in [0.2, 0.25) is 0 Å². The number of likely N-dealkylation sites (tertiary alicyclic amines) is 1. The van der Waals surface area contributed by atoms with Crippen LogP contribution in [-0.2, 0) is 13.1 Å². The number of hydrogen-bond acceptors (Lipinski definition) is 2. The van der Waals surface area contributed by atoms with Crippen LogP contribution in [0.1, 0.15) is 29.5 Å². The summed E-state index contributed by atoms with van der Waals surface area (Å²) in [5, 5.41) is 3.72. The van der Waals surface area contributed by atoms with Crippen molar-refractivity contribution in [2.45, 2.75) is 38.9 Å². The van der Waals surface area contributed by atoms with Crippen molar-refractivity contribution < 1.29 is 0 Å². The van der Waals surface area contributed by atoms with E-state index >= 15 is 0 Å². The van der Waals surface area contributed by atoms with E-state index in [2.05, 4.69) is 71.7 Å². The number of benzene rings is 2. The molecule has 0 saturated carbocycles. The highest BCUT2D eigenvalue weighted by atomic mass is 15.1. The van der Waals surface area contributed by atoms with Gasteiger partial charge in [0.05, 0.1) is 0 Å². The number of nitrogens with one attached hydrogen (secondary N) is 1. The molecule has 116 valence electrons. The van der Waals surface area contributed by atoms with Gasteiger partial charge in [0.1, 0.15) is 0 Å². The van der Waals surface area contributed by atoms with Gasteiger partial charge >= 0.3 is 0 Å². The Morgan fingerprint density at radius 3 is 2.41 bits per heavy atom. The van der Waals surface area contributed by atoms with Crippen LogP contribution in [0, 0.1) is 6.92 Å². The maximum absolute atomic E-state index is 3.72. The Morgan fingerprint density at radius 1 is 0.955 bits per heavy atom. The first-order valence-corrected chi connectivity index (χ1v) is 8.35. The molecule has 0 aliphatic carbocycles. The second-order valence-electron chi connectivity index (χ2n) is 6.41. The van der Waals surface area contributed by atoms with Crippen molar-refractivity contribution in [1.82, 2.24) is 10.2 Å². The van der Waals surface area contributed by atoms with E-state index in [-0.39, 0.29) is 0 Å². The fraction of sp³-hybridized carbons (Fsp3) is 0.400. The molecule has 1 aliphatic rings. The second-order valence-corrected chi connectivity index (χ2v) is 6.41. The molecular formula is C20H26N2. The first-order chi connectivity index (χ1) is 10.8. The summed E-state index contributed by atoms with van der Waals surface area (Å²) in [6.07, 6.45) is 2.50. The zero-order chi connectivity index (χ0) is 15.2. The molecule has 0 amide bonds. The molecule has 1 fully saturated rings. The number of hydrogen-bond donors (Lipinski definition) is 1. The molecule has 22 heavy (non-hydrogen) atoms. The summed E-state index contributed by atoms with van der Waals surface area (Å²) in [5.74, 6) is 0. The molecule has 2 heteroatoms. The van der Waals surface area contributed by atoms with Crippen LogP contribution in [0.3, 0.4) is 0 Å². The lowest BCUT2D eigenvalue weighted by molar-refractivity contribution is 0.190. The Labute approximate surface area is 134 Å². The van der Waals surface area contributed by atoms with Crippen LogP contribution >= 0.6 is 0 Å². The van der Waals surface area contributed by atoms with Gasteiger partial charge < -0.3 is 5.32 Å². The van der Waals surface area contributed by atoms with Crippen LogP contribution in [0.15, 0.2) is 54.6 Å². The minimum atomic E-state index is 0.660. The molecule has 0 aromatic heterocycles. The van der Waals surface area contributed by atoms with Gasteiger partial charge in [0.15, 0.2) is 0 Å². The number of nitrogens with zero attached hydrogens (tertiary/aromatic N) is 1. The van der Waals surface area contributed by atoms with Gasteiger partial charge in [0, 0.05) is 19.1 Å². The van der Waals surface area contributed by atoms with Gasteiger partial charge in [0.25, 0.3) is 0 Å². The fourth-order valence-electron chi connectivity index (χ4n) is 3.22. The van der Waals surface area contributed by atoms with Gasteiger partial charge in [-0.25, -0.2) is 0 Å². The monoisotopic (exact) mass is 294 g/mol. The minimum Gasteiger partial charge on any atom is -0.310 e. The fourth-order valence-corrected chi connectivity index (χ4v) is 3.22. The van der Waals surface area contributed by atoms with Gasteiger partial charge in [-0.2, -0.15) is 0 Å². The molecule has 2 nitrogen and oxygen atoms in total. The van der Waals surface area contributed by atoms with Gasteiger partial charge in [-0.3, -0.25) is 4.90 Å². The van der Waals surface area contributed by atoms with E-state index in [1.54, 1.807) is 0 Å². The summed E-state index contributed by atoms with van der Waals surface area (Å²) >= 11 is 0. The van der Waals surface area contributed by atoms with E-state index in [0.717, 1.165) is 13.1 Å². The highest BCUT2D eigenvalue weighted by molar-refractivity contribution is 5.22. The van der Waals surface area contributed by atoms with Crippen LogP contribution < -0.4 is 5.32 Å². The van der Waals surface area contributed by atoms with Crippen LogP contribution in [0.4, 0.5) is 0 Å². The Balaban J connectivity index is 1.42. The molecule has 0 unspecified atom stereocenters. The summed E-state index contributed by atoms with van der Waals surface area (Å²) < 4.78 is 0. The summed E-state index contributed by atoms with van der Waals surface area (Å²) in [6, 6.07) is 20.3. The van der Waals surface area contributed by atoms with Crippen molar-refractivity contribution in [3.8, 4) is 0 Å². The maximum Gasteiger partial charge on any atom is 0.0233 e. The van der Waals surface area contributed by atoms with Crippen molar-refractivity contribution in [2.75, 3.05) is 13.1 Å². The molecule has 1 saturated heterocycles. The average molecular weight is 294 g/mol. The van der Waals surface area contributed by atoms with Crippen molar-refractivity contribution >= 4 is 0 Å². The third-order valence-electron chi connectivity index (χ3n) is 4.51. The molecular weight excluding hydrogens is 268 g/mol. The first-order valence-electron chi connectivity index (χ1n) is 8.35. The molecule has 1 aliphatic heterocycles. The smallest absolute Gasteiger partial charge is 0.0233 e. The van der Waals surface area contributed by atoms with E-state index in [9.17, 15) is 0 Å². The van der Waals surface area contributed by atoms with E-state index in [1.165, 1.54) is 42.6 Å². The summed E-state index contributed by atoms with van der Waals surface area (Å²) in [5.41, 5.74) is 4.16. The Hall–Kier alpha value is -1.64. The third-order valence-corrected chi connectivity index (χ3v) is 4.51. The minimum absolute atomic E-state index is 0.660. The van der Waals surface area contributed by atoms with Crippen LogP contribution in [0.5, 0.6) is 0 Å². The highest BCUT2D eigenvalue weighted by Crippen LogP contribution is 2.14. The van der Waals surface area contributed by atoms with Gasteiger partial charge in [-0.1, -0.05) is 60.2 Å². The standard InChI is InChI=1S/C20H26N2/c1-17-6-5-9-19(14-17)15-21-20-10-12-22(13-11-20)16-18-7-3-2-4-8-18/h2-9,14,20-21H,10-13,15-16H2,1H3. The van der Waals surface area contributed by atoms with Crippen molar-refractivity contribution in [2.24, 2.45) is 0 Å². The number of aryl methyl sites for hydroxylation is 1. The van der Waals surface area contributed by atoms with Crippen molar-refractivity contribution in [1.29, 1.82) is 0 Å². The maximum atomic E-state index is 3.72. The Morgan fingerprint density at radius 2 is 1.68 bits per heavy atom. The second kappa shape index (κ2) is 7.57. The van der Waals surface area contributed by atoms with Crippen LogP contribution in [0.25, 0.3) is 0 Å². The van der Waals surface area contributed by atoms with E-state index in [1.807, 2.05) is 0 Å². The molecule has 1 heterocycles. The largest absolute Gasteiger partial charge is 0.310 e. The average Bonchev–Trinajstić information content (AvgIpc) is 2.55. The highest BCUT2D eigenvalue weighted by Gasteiger charge is 2.18. The zero-order valence-electron chi connectivity index (χ0n) is 13.5. The molecule has 2 aromatic rings. The predicted octanol–water partition coefficient (Wildman–Crippen LogP) is 3.75. The lowest BCUT2D eigenvalue weighted by atomic mass is 10.0. The van der Waals surface area contributed by atoms with E-state index in [4.69, 9.17) is 0 Å². The van der Waals surface area contributed by atoms with E-state index in [0.29, 0.717) is 6.04 Å². The molecule has 1 N–H and O–H groups in total. The topological polar surface area (TPSA) is 15.3 Å². The molecule has 0 atom stereocenters. The molecule has 0 bridgehead atoms. The lowest BCUT2D eigenvalue weighted by Crippen LogP contribution is -2.41. The van der Waals surface area contributed by atoms with Crippen molar-refractivity contribution in [3.05, 3.63) is 71.3 Å². The molecule has 3 rings (SSSR count). The third kappa shape index (κ3) is 4.43. The molecule has 0 radical (unpaired) electrons. The van der Waals surface area contributed by atoms with E-state index < -0.39 is 0 Å². The molecule has 2 aromatic carbocycles. The Kier molecular flexibility index (Phi) is 5.25. The summed E-state index contributed by atoms with van der Waals surface area (Å²) in [7, 11) is 0. The summed E-state index contributed by atoms with van der Waals surface area (Å²) in [6.45, 7) is 6.63. The number of piperidine rings is 1. The van der Waals surface area contributed by atoms with Gasteiger partial charge in [-0.15, -0.1) is 0 Å². The predicted molar refractivity (Wildman–Crippen MR) is 92.8 cm³/mol. The summed E-state index contributed by atoms with van der Waals surface area (Å²) in [4.78, 5) is 2.57. The van der Waals surface area contributed by atoms with Crippen LogP contribution in [-0.4, -0.2) is 24.0 Å². The van der Waals surface area contributed by atoms with Gasteiger partial charge in [-0.05, 0) is 44.0 Å². The molecule has 0 spiro atoms. The SMILES string of the molecule is Cc1cccc(CNC2CCN(Cc3ccccc3)CC2)c1. The zero-order valence-corrected chi connectivity index (χ0v) is 13.5.